The Bertz CT molecular complexity index is 851. The van der Waals surface area contributed by atoms with E-state index in [1.54, 1.807) is 60.7 Å². The third-order valence-corrected chi connectivity index (χ3v) is 4.23. The van der Waals surface area contributed by atoms with Crippen molar-refractivity contribution in [3.8, 4) is 0 Å². The van der Waals surface area contributed by atoms with Crippen LogP contribution < -0.4 is 0 Å². The Balaban J connectivity index is 1.72. The highest BCUT2D eigenvalue weighted by Gasteiger charge is 2.49. The van der Waals surface area contributed by atoms with E-state index in [0.717, 1.165) is 6.92 Å². The fourth-order valence-corrected chi connectivity index (χ4v) is 2.88. The maximum absolute atomic E-state index is 12.4. The lowest BCUT2D eigenvalue weighted by atomic mass is 10.1. The van der Waals surface area contributed by atoms with Crippen LogP contribution in [0.3, 0.4) is 0 Å². The number of ether oxygens (including phenoxy) is 4. The van der Waals surface area contributed by atoms with Crippen LogP contribution in [-0.2, 0) is 23.7 Å². The molecule has 0 aromatic heterocycles. The van der Waals surface area contributed by atoms with Gasteiger partial charge >= 0.3 is 17.9 Å². The number of rotatable bonds is 6. The van der Waals surface area contributed by atoms with E-state index in [9.17, 15) is 19.5 Å². The Kier molecular flexibility index (Phi) is 6.58. The first-order valence-electron chi connectivity index (χ1n) is 8.94. The molecule has 2 aromatic carbocycles. The van der Waals surface area contributed by atoms with Crippen LogP contribution in [0, 0.1) is 0 Å². The molecule has 0 saturated carbocycles. The summed E-state index contributed by atoms with van der Waals surface area (Å²) in [5.74, 6) is -1.97. The quantitative estimate of drug-likeness (QED) is 0.577. The van der Waals surface area contributed by atoms with E-state index in [-0.39, 0.29) is 12.2 Å². The maximum Gasteiger partial charge on any atom is 0.338 e. The highest BCUT2D eigenvalue weighted by atomic mass is 16.7. The van der Waals surface area contributed by atoms with Gasteiger partial charge in [-0.3, -0.25) is 4.79 Å². The molecule has 4 atom stereocenters. The molecule has 8 heteroatoms. The van der Waals surface area contributed by atoms with Crippen LogP contribution in [0.4, 0.5) is 0 Å². The molecule has 1 aliphatic rings. The predicted octanol–water partition coefficient (Wildman–Crippen LogP) is 1.72. The molecule has 1 heterocycles. The molecule has 1 unspecified atom stereocenters. The number of hydrogen-bond acceptors (Lipinski definition) is 8. The smallest absolute Gasteiger partial charge is 0.338 e. The Hall–Kier alpha value is -3.23. The van der Waals surface area contributed by atoms with Gasteiger partial charge in [0.25, 0.3) is 0 Å². The van der Waals surface area contributed by atoms with Gasteiger partial charge in [-0.25, -0.2) is 9.59 Å². The summed E-state index contributed by atoms with van der Waals surface area (Å²) in [4.78, 5) is 36.0. The number of esters is 3. The minimum absolute atomic E-state index is 0.274. The van der Waals surface area contributed by atoms with Crippen molar-refractivity contribution >= 4 is 17.9 Å². The molecule has 1 fully saturated rings. The van der Waals surface area contributed by atoms with Gasteiger partial charge in [0, 0.05) is 6.92 Å². The minimum atomic E-state index is -1.53. The lowest BCUT2D eigenvalue weighted by Gasteiger charge is -2.22. The van der Waals surface area contributed by atoms with Gasteiger partial charge in [0.2, 0.25) is 0 Å². The molecule has 0 aliphatic carbocycles. The van der Waals surface area contributed by atoms with E-state index >= 15 is 0 Å². The molecule has 3 rings (SSSR count). The lowest BCUT2D eigenvalue weighted by Crippen LogP contribution is -2.41. The first kappa shape index (κ1) is 20.5. The van der Waals surface area contributed by atoms with Crippen molar-refractivity contribution in [2.24, 2.45) is 0 Å². The van der Waals surface area contributed by atoms with Gasteiger partial charge in [-0.05, 0) is 24.3 Å². The summed E-state index contributed by atoms with van der Waals surface area (Å²) in [7, 11) is 0. The van der Waals surface area contributed by atoms with Gasteiger partial charge in [-0.15, -0.1) is 0 Å². The first-order chi connectivity index (χ1) is 14.0. The highest BCUT2D eigenvalue weighted by molar-refractivity contribution is 5.90. The summed E-state index contributed by atoms with van der Waals surface area (Å²) in [6.07, 6.45) is -4.96. The summed E-state index contributed by atoms with van der Waals surface area (Å²) in [5, 5.41) is 10.1. The molecule has 1 saturated heterocycles. The van der Waals surface area contributed by atoms with E-state index in [0.29, 0.717) is 5.56 Å². The zero-order valence-electron chi connectivity index (χ0n) is 15.6. The topological polar surface area (TPSA) is 108 Å². The van der Waals surface area contributed by atoms with Gasteiger partial charge in [0.05, 0.1) is 11.1 Å². The van der Waals surface area contributed by atoms with Crippen molar-refractivity contribution in [3.63, 3.8) is 0 Å². The number of carbonyl (C=O) groups is 3. The highest BCUT2D eigenvalue weighted by Crippen LogP contribution is 2.27. The second kappa shape index (κ2) is 9.31. The first-order valence-corrected chi connectivity index (χ1v) is 8.94. The van der Waals surface area contributed by atoms with E-state index in [1.807, 2.05) is 0 Å². The molecular formula is C21H20O8. The van der Waals surface area contributed by atoms with E-state index in [1.165, 1.54) is 0 Å². The predicted molar refractivity (Wildman–Crippen MR) is 98.8 cm³/mol. The molecule has 0 spiro atoms. The average molecular weight is 400 g/mol. The summed E-state index contributed by atoms with van der Waals surface area (Å²) < 4.78 is 21.1. The Morgan fingerprint density at radius 3 is 1.97 bits per heavy atom. The van der Waals surface area contributed by atoms with Crippen molar-refractivity contribution in [2.45, 2.75) is 31.5 Å². The van der Waals surface area contributed by atoms with Crippen molar-refractivity contribution in [1.82, 2.24) is 0 Å². The van der Waals surface area contributed by atoms with E-state index in [4.69, 9.17) is 18.9 Å². The zero-order chi connectivity index (χ0) is 20.8. The van der Waals surface area contributed by atoms with Crippen molar-refractivity contribution < 1.29 is 38.4 Å². The van der Waals surface area contributed by atoms with Gasteiger partial charge in [-0.2, -0.15) is 0 Å². The maximum atomic E-state index is 12.4. The number of carbonyl (C=O) groups excluding carboxylic acids is 3. The minimum Gasteiger partial charge on any atom is -0.459 e. The fraction of sp³-hybridized carbons (Fsp3) is 0.286. The molecular weight excluding hydrogens is 380 g/mol. The summed E-state index contributed by atoms with van der Waals surface area (Å²) in [6, 6.07) is 16.5. The molecule has 0 radical (unpaired) electrons. The number of hydrogen-bond donors (Lipinski definition) is 1. The van der Waals surface area contributed by atoms with Crippen molar-refractivity contribution in [2.75, 3.05) is 6.61 Å². The normalized spacial score (nSPS) is 23.2. The molecule has 1 N–H and O–H groups in total. The standard InChI is InChI=1S/C21H20O8/c1-13(22)27-18-17(29-20(24)15-10-6-3-7-11-15)16(28-21(18)25)12-26-19(23)14-8-4-2-5-9-14/h2-11,16-18,21,25H,12H2,1H3/t16-,17-,18-,21?/m1/s1. The van der Waals surface area contributed by atoms with Crippen molar-refractivity contribution in [1.29, 1.82) is 0 Å². The SMILES string of the molecule is CC(=O)O[C@H]1C(O)O[C@H](COC(=O)c2ccccc2)[C@H]1OC(=O)c1ccccc1. The van der Waals surface area contributed by atoms with Gasteiger partial charge < -0.3 is 24.1 Å². The largest absolute Gasteiger partial charge is 0.459 e. The molecule has 0 bridgehead atoms. The van der Waals surface area contributed by atoms with E-state index in [2.05, 4.69) is 0 Å². The lowest BCUT2D eigenvalue weighted by molar-refractivity contribution is -0.170. The Morgan fingerprint density at radius 2 is 1.41 bits per heavy atom. The van der Waals surface area contributed by atoms with Crippen LogP contribution in [-0.4, -0.2) is 54.2 Å². The van der Waals surface area contributed by atoms with Crippen LogP contribution in [0.15, 0.2) is 60.7 Å². The summed E-state index contributed by atoms with van der Waals surface area (Å²) in [5.41, 5.74) is 0.607. The number of aliphatic hydroxyl groups is 1. The van der Waals surface area contributed by atoms with Crippen LogP contribution in [0.5, 0.6) is 0 Å². The molecule has 0 amide bonds. The third kappa shape index (κ3) is 5.18. The molecule has 152 valence electrons. The molecule has 8 nitrogen and oxygen atoms in total. The van der Waals surface area contributed by atoms with Crippen LogP contribution in [0.1, 0.15) is 27.6 Å². The van der Waals surface area contributed by atoms with Crippen molar-refractivity contribution in [3.05, 3.63) is 71.8 Å². The van der Waals surface area contributed by atoms with Crippen LogP contribution >= 0.6 is 0 Å². The molecule has 2 aromatic rings. The monoisotopic (exact) mass is 400 g/mol. The van der Waals surface area contributed by atoms with Gasteiger partial charge in [-0.1, -0.05) is 36.4 Å². The number of aliphatic hydroxyl groups excluding tert-OH is 1. The average Bonchev–Trinajstić information content (AvgIpc) is 3.01. The van der Waals surface area contributed by atoms with Crippen LogP contribution in [0.2, 0.25) is 0 Å². The number of benzene rings is 2. The summed E-state index contributed by atoms with van der Waals surface area (Å²) in [6.45, 7) is 0.848. The molecule has 29 heavy (non-hydrogen) atoms. The fourth-order valence-electron chi connectivity index (χ4n) is 2.88. The zero-order valence-corrected chi connectivity index (χ0v) is 15.6. The second-order valence-corrected chi connectivity index (χ2v) is 6.34. The summed E-state index contributed by atoms with van der Waals surface area (Å²) >= 11 is 0. The second-order valence-electron chi connectivity index (χ2n) is 6.34. The van der Waals surface area contributed by atoms with Crippen LogP contribution in [0.25, 0.3) is 0 Å². The third-order valence-electron chi connectivity index (χ3n) is 4.23. The Labute approximate surface area is 167 Å². The Morgan fingerprint density at radius 1 is 0.862 bits per heavy atom. The van der Waals surface area contributed by atoms with Gasteiger partial charge in [0.15, 0.2) is 18.5 Å². The van der Waals surface area contributed by atoms with Gasteiger partial charge in [0.1, 0.15) is 12.7 Å². The van der Waals surface area contributed by atoms with E-state index < -0.39 is 42.5 Å². The molecule has 1 aliphatic heterocycles.